The molecule has 0 unspecified atom stereocenters. The number of anilines is 1. The lowest BCUT2D eigenvalue weighted by Gasteiger charge is -2.08. The molecule has 0 aliphatic carbocycles. The highest BCUT2D eigenvalue weighted by molar-refractivity contribution is 9.10. The number of nitriles is 1. The van der Waals surface area contributed by atoms with Gasteiger partial charge < -0.3 is 5.32 Å². The standard InChI is InChI=1S/C15H10BrClN2O/c16-12-3-1-2-10(6-12)8-15(20)19-14-7-11(9-18)4-5-13(14)17/h1-7H,8H2,(H,19,20). The lowest BCUT2D eigenvalue weighted by molar-refractivity contribution is -0.115. The molecule has 2 aromatic rings. The largest absolute Gasteiger partial charge is 0.324 e. The van der Waals surface area contributed by atoms with E-state index in [1.807, 2.05) is 30.3 Å². The van der Waals surface area contributed by atoms with Crippen molar-refractivity contribution in [2.45, 2.75) is 6.42 Å². The zero-order chi connectivity index (χ0) is 14.5. The van der Waals surface area contributed by atoms with Gasteiger partial charge in [0, 0.05) is 4.47 Å². The fourth-order valence-corrected chi connectivity index (χ4v) is 2.33. The Balaban J connectivity index is 2.10. The Morgan fingerprint density at radius 1 is 1.30 bits per heavy atom. The Labute approximate surface area is 130 Å². The summed E-state index contributed by atoms with van der Waals surface area (Å²) in [5, 5.41) is 12.0. The van der Waals surface area contributed by atoms with E-state index in [2.05, 4.69) is 21.2 Å². The molecule has 0 aliphatic heterocycles. The highest BCUT2D eigenvalue weighted by atomic mass is 79.9. The van der Waals surface area contributed by atoms with Crippen LogP contribution >= 0.6 is 27.5 Å². The first kappa shape index (κ1) is 14.6. The Morgan fingerprint density at radius 2 is 2.10 bits per heavy atom. The van der Waals surface area contributed by atoms with Crippen molar-refractivity contribution in [3.8, 4) is 6.07 Å². The summed E-state index contributed by atoms with van der Waals surface area (Å²) in [5.41, 5.74) is 1.79. The Kier molecular flexibility index (Phi) is 4.78. The summed E-state index contributed by atoms with van der Waals surface area (Å²) in [4.78, 5) is 12.0. The molecule has 0 spiro atoms. The van der Waals surface area contributed by atoms with Crippen molar-refractivity contribution in [3.05, 3.63) is 63.1 Å². The van der Waals surface area contributed by atoms with Gasteiger partial charge in [-0.15, -0.1) is 0 Å². The van der Waals surface area contributed by atoms with Crippen LogP contribution in [0.3, 0.4) is 0 Å². The van der Waals surface area contributed by atoms with E-state index in [9.17, 15) is 4.79 Å². The molecule has 5 heteroatoms. The van der Waals surface area contributed by atoms with Gasteiger partial charge in [-0.3, -0.25) is 4.79 Å². The lowest BCUT2D eigenvalue weighted by Crippen LogP contribution is -2.14. The van der Waals surface area contributed by atoms with Gasteiger partial charge >= 0.3 is 0 Å². The minimum absolute atomic E-state index is 0.180. The van der Waals surface area contributed by atoms with Crippen LogP contribution in [0.4, 0.5) is 5.69 Å². The predicted molar refractivity (Wildman–Crippen MR) is 82.6 cm³/mol. The SMILES string of the molecule is N#Cc1ccc(Cl)c(NC(=O)Cc2cccc(Br)c2)c1. The maximum Gasteiger partial charge on any atom is 0.228 e. The van der Waals surface area contributed by atoms with Crippen molar-refractivity contribution in [1.29, 1.82) is 5.26 Å². The van der Waals surface area contributed by atoms with E-state index in [1.54, 1.807) is 18.2 Å². The first-order chi connectivity index (χ1) is 9.58. The third kappa shape index (κ3) is 3.83. The molecule has 0 aromatic heterocycles. The van der Waals surface area contributed by atoms with E-state index in [0.29, 0.717) is 16.3 Å². The van der Waals surface area contributed by atoms with E-state index in [0.717, 1.165) is 10.0 Å². The zero-order valence-corrected chi connectivity index (χ0v) is 12.7. The third-order valence-corrected chi connectivity index (χ3v) is 3.45. The summed E-state index contributed by atoms with van der Waals surface area (Å²) in [6.07, 6.45) is 0.243. The second-order valence-corrected chi connectivity index (χ2v) is 5.48. The molecular weight excluding hydrogens is 340 g/mol. The monoisotopic (exact) mass is 348 g/mol. The molecule has 0 heterocycles. The number of carbonyl (C=O) groups excluding carboxylic acids is 1. The van der Waals surface area contributed by atoms with Crippen LogP contribution in [-0.4, -0.2) is 5.91 Å². The normalized spacial score (nSPS) is 9.85. The van der Waals surface area contributed by atoms with Crippen LogP contribution in [0.15, 0.2) is 46.9 Å². The number of halogens is 2. The van der Waals surface area contributed by atoms with Gasteiger partial charge in [0.05, 0.1) is 28.8 Å². The number of rotatable bonds is 3. The number of carbonyl (C=O) groups is 1. The van der Waals surface area contributed by atoms with Crippen LogP contribution in [0, 0.1) is 11.3 Å². The van der Waals surface area contributed by atoms with Crippen molar-refractivity contribution >= 4 is 39.1 Å². The van der Waals surface area contributed by atoms with Crippen molar-refractivity contribution in [3.63, 3.8) is 0 Å². The van der Waals surface area contributed by atoms with Gasteiger partial charge in [-0.2, -0.15) is 5.26 Å². The Bertz CT molecular complexity index is 695. The summed E-state index contributed by atoms with van der Waals surface area (Å²) in [5.74, 6) is -0.180. The molecule has 0 fully saturated rings. The third-order valence-electron chi connectivity index (χ3n) is 2.62. The highest BCUT2D eigenvalue weighted by Crippen LogP contribution is 2.23. The predicted octanol–water partition coefficient (Wildman–Crippen LogP) is 4.16. The lowest BCUT2D eigenvalue weighted by atomic mass is 10.1. The molecule has 0 bridgehead atoms. The van der Waals surface area contributed by atoms with Crippen molar-refractivity contribution in [2.24, 2.45) is 0 Å². The maximum atomic E-state index is 12.0. The number of nitrogens with one attached hydrogen (secondary N) is 1. The second kappa shape index (κ2) is 6.56. The van der Waals surface area contributed by atoms with Gasteiger partial charge in [0.1, 0.15) is 0 Å². The first-order valence-electron chi connectivity index (χ1n) is 5.82. The minimum Gasteiger partial charge on any atom is -0.324 e. The van der Waals surface area contributed by atoms with Crippen LogP contribution in [0.5, 0.6) is 0 Å². The fraction of sp³-hybridized carbons (Fsp3) is 0.0667. The van der Waals surface area contributed by atoms with E-state index in [-0.39, 0.29) is 12.3 Å². The second-order valence-electron chi connectivity index (χ2n) is 4.16. The van der Waals surface area contributed by atoms with Gasteiger partial charge in [-0.05, 0) is 35.9 Å². The molecule has 1 N–H and O–H groups in total. The van der Waals surface area contributed by atoms with Gasteiger partial charge in [-0.25, -0.2) is 0 Å². The van der Waals surface area contributed by atoms with Crippen LogP contribution in [0.2, 0.25) is 5.02 Å². The van der Waals surface area contributed by atoms with Gasteiger partial charge in [-0.1, -0.05) is 39.7 Å². The molecule has 2 aromatic carbocycles. The van der Waals surface area contributed by atoms with Crippen LogP contribution in [0.1, 0.15) is 11.1 Å². The average Bonchev–Trinajstić information content (AvgIpc) is 2.41. The highest BCUT2D eigenvalue weighted by Gasteiger charge is 2.08. The van der Waals surface area contributed by atoms with Crippen molar-refractivity contribution in [2.75, 3.05) is 5.32 Å². The van der Waals surface area contributed by atoms with Gasteiger partial charge in [0.25, 0.3) is 0 Å². The molecular formula is C15H10BrClN2O. The number of nitrogens with zero attached hydrogens (tertiary/aromatic N) is 1. The van der Waals surface area contributed by atoms with E-state index in [4.69, 9.17) is 16.9 Å². The Hall–Kier alpha value is -1.83. The number of benzene rings is 2. The van der Waals surface area contributed by atoms with E-state index < -0.39 is 0 Å². The van der Waals surface area contributed by atoms with Gasteiger partial charge in [0.15, 0.2) is 0 Å². The summed E-state index contributed by atoms with van der Waals surface area (Å²) >= 11 is 9.35. The molecule has 0 saturated heterocycles. The minimum atomic E-state index is -0.180. The molecule has 0 atom stereocenters. The molecule has 3 nitrogen and oxygen atoms in total. The smallest absolute Gasteiger partial charge is 0.228 e. The molecule has 2 rings (SSSR count). The van der Waals surface area contributed by atoms with Crippen molar-refractivity contribution < 1.29 is 4.79 Å². The van der Waals surface area contributed by atoms with Crippen LogP contribution < -0.4 is 5.32 Å². The summed E-state index contributed by atoms with van der Waals surface area (Å²) in [6.45, 7) is 0. The van der Waals surface area contributed by atoms with Crippen LogP contribution in [-0.2, 0) is 11.2 Å². The summed E-state index contributed by atoms with van der Waals surface area (Å²) in [7, 11) is 0. The van der Waals surface area contributed by atoms with E-state index in [1.165, 1.54) is 0 Å². The van der Waals surface area contributed by atoms with E-state index >= 15 is 0 Å². The summed E-state index contributed by atoms with van der Waals surface area (Å²) in [6, 6.07) is 14.3. The van der Waals surface area contributed by atoms with Crippen LogP contribution in [0.25, 0.3) is 0 Å². The molecule has 1 amide bonds. The molecule has 0 radical (unpaired) electrons. The molecule has 100 valence electrons. The molecule has 20 heavy (non-hydrogen) atoms. The molecule has 0 aliphatic rings. The average molecular weight is 350 g/mol. The topological polar surface area (TPSA) is 52.9 Å². The zero-order valence-electron chi connectivity index (χ0n) is 10.4. The maximum absolute atomic E-state index is 12.0. The number of hydrogen-bond donors (Lipinski definition) is 1. The van der Waals surface area contributed by atoms with Crippen molar-refractivity contribution in [1.82, 2.24) is 0 Å². The Morgan fingerprint density at radius 3 is 2.80 bits per heavy atom. The molecule has 0 saturated carbocycles. The van der Waals surface area contributed by atoms with Gasteiger partial charge in [0.2, 0.25) is 5.91 Å². The number of hydrogen-bond acceptors (Lipinski definition) is 2. The fourth-order valence-electron chi connectivity index (χ4n) is 1.72. The quantitative estimate of drug-likeness (QED) is 0.905. The number of amides is 1. The first-order valence-corrected chi connectivity index (χ1v) is 6.99. The summed E-state index contributed by atoms with van der Waals surface area (Å²) < 4.78 is 0.923.